The molecule has 0 spiro atoms. The Morgan fingerprint density at radius 1 is 1.32 bits per heavy atom. The molecule has 0 aromatic carbocycles. The van der Waals surface area contributed by atoms with Gasteiger partial charge in [0.2, 0.25) is 0 Å². The van der Waals surface area contributed by atoms with Crippen LogP contribution in [-0.4, -0.2) is 44.9 Å². The zero-order valence-corrected chi connectivity index (χ0v) is 11.2. The summed E-state index contributed by atoms with van der Waals surface area (Å²) in [5, 5.41) is 11.4. The lowest BCUT2D eigenvalue weighted by Gasteiger charge is -2.20. The maximum Gasteiger partial charge on any atom is 0.259 e. The van der Waals surface area contributed by atoms with Crippen LogP contribution >= 0.6 is 0 Å². The van der Waals surface area contributed by atoms with Gasteiger partial charge in [0, 0.05) is 6.54 Å². The summed E-state index contributed by atoms with van der Waals surface area (Å²) in [6.45, 7) is 6.80. The van der Waals surface area contributed by atoms with E-state index in [0.717, 1.165) is 18.7 Å². The van der Waals surface area contributed by atoms with Gasteiger partial charge >= 0.3 is 0 Å². The second kappa shape index (κ2) is 6.35. The van der Waals surface area contributed by atoms with Crippen LogP contribution in [-0.2, 0) is 0 Å². The Kier molecular flexibility index (Phi) is 4.53. The number of hydrogen-bond acceptors (Lipinski definition) is 7. The van der Waals surface area contributed by atoms with E-state index >= 15 is 0 Å². The van der Waals surface area contributed by atoms with Crippen LogP contribution < -0.4 is 5.73 Å². The molecule has 0 aliphatic carbocycles. The zero-order valence-electron chi connectivity index (χ0n) is 11.2. The van der Waals surface area contributed by atoms with Crippen LogP contribution in [0.25, 0.3) is 11.5 Å². The number of hydrogen-bond donors (Lipinski definition) is 1. The molecule has 0 saturated heterocycles. The molecule has 1 unspecified atom stereocenters. The van der Waals surface area contributed by atoms with Gasteiger partial charge in [0.05, 0.1) is 24.0 Å². The topological polar surface area (TPSA) is 94.0 Å². The number of aromatic nitrogens is 4. The van der Waals surface area contributed by atoms with Crippen molar-refractivity contribution in [3.63, 3.8) is 0 Å². The predicted molar refractivity (Wildman–Crippen MR) is 70.0 cm³/mol. The lowest BCUT2D eigenvalue weighted by Crippen LogP contribution is -2.32. The van der Waals surface area contributed by atoms with E-state index in [2.05, 4.69) is 39.1 Å². The maximum atomic E-state index is 6.08. The largest absolute Gasteiger partial charge is 0.334 e. The molecule has 0 aliphatic heterocycles. The van der Waals surface area contributed by atoms with Crippen molar-refractivity contribution >= 4 is 0 Å². The third-order valence-electron chi connectivity index (χ3n) is 2.95. The first-order valence-electron chi connectivity index (χ1n) is 6.33. The third-order valence-corrected chi connectivity index (χ3v) is 2.95. The van der Waals surface area contributed by atoms with Gasteiger partial charge < -0.3 is 15.2 Å². The van der Waals surface area contributed by atoms with Crippen LogP contribution in [0.5, 0.6) is 0 Å². The summed E-state index contributed by atoms with van der Waals surface area (Å²) in [4.78, 5) is 6.52. The van der Waals surface area contributed by atoms with Gasteiger partial charge in [-0.3, -0.25) is 0 Å². The highest BCUT2D eigenvalue weighted by atomic mass is 16.5. The van der Waals surface area contributed by atoms with Crippen molar-refractivity contribution in [1.29, 1.82) is 0 Å². The van der Waals surface area contributed by atoms with Gasteiger partial charge in [-0.15, -0.1) is 0 Å². The Balaban J connectivity index is 2.08. The van der Waals surface area contributed by atoms with Gasteiger partial charge in [0.15, 0.2) is 5.82 Å². The van der Waals surface area contributed by atoms with Crippen LogP contribution in [0.1, 0.15) is 25.7 Å². The van der Waals surface area contributed by atoms with Gasteiger partial charge in [-0.05, 0) is 19.2 Å². The highest BCUT2D eigenvalue weighted by molar-refractivity contribution is 5.49. The second-order valence-electron chi connectivity index (χ2n) is 4.18. The molecule has 0 radical (unpaired) electrons. The molecule has 0 bridgehead atoms. The molecular weight excluding hydrogens is 244 g/mol. The molecule has 2 heterocycles. The number of likely N-dealkylation sites (N-methyl/N-ethyl adjacent to an activating group) is 1. The fraction of sp³-hybridized carbons (Fsp3) is 0.500. The first-order valence-corrected chi connectivity index (χ1v) is 6.33. The summed E-state index contributed by atoms with van der Waals surface area (Å²) < 4.78 is 5.19. The molecule has 2 aromatic heterocycles. The van der Waals surface area contributed by atoms with Gasteiger partial charge in [0.1, 0.15) is 0 Å². The minimum Gasteiger partial charge on any atom is -0.334 e. The molecule has 7 nitrogen and oxygen atoms in total. The highest BCUT2D eigenvalue weighted by Crippen LogP contribution is 2.17. The average molecular weight is 262 g/mol. The summed E-state index contributed by atoms with van der Waals surface area (Å²) >= 11 is 0. The van der Waals surface area contributed by atoms with E-state index in [1.807, 2.05) is 0 Å². The smallest absolute Gasteiger partial charge is 0.259 e. The van der Waals surface area contributed by atoms with E-state index in [9.17, 15) is 0 Å². The number of rotatable bonds is 6. The lowest BCUT2D eigenvalue weighted by molar-refractivity contribution is 0.278. The molecule has 0 amide bonds. The minimum atomic E-state index is -0.257. The lowest BCUT2D eigenvalue weighted by atomic mass is 10.2. The fourth-order valence-corrected chi connectivity index (χ4v) is 1.76. The standard InChI is InChI=1S/C12H18N6O/c1-3-18(4-2)8-10(13)11-16-12(19-17-11)9-5-6-14-15-7-9/h5-7,10H,3-4,8,13H2,1-2H3. The molecule has 2 aromatic rings. The molecule has 1 atom stereocenters. The quantitative estimate of drug-likeness (QED) is 0.825. The zero-order chi connectivity index (χ0) is 13.7. The van der Waals surface area contributed by atoms with E-state index in [1.165, 1.54) is 0 Å². The summed E-state index contributed by atoms with van der Waals surface area (Å²) in [5.41, 5.74) is 6.82. The van der Waals surface area contributed by atoms with Crippen molar-refractivity contribution in [2.24, 2.45) is 5.73 Å². The fourth-order valence-electron chi connectivity index (χ4n) is 1.76. The van der Waals surface area contributed by atoms with Crippen LogP contribution in [0, 0.1) is 0 Å². The minimum absolute atomic E-state index is 0.257. The average Bonchev–Trinajstić information content (AvgIpc) is 2.95. The SMILES string of the molecule is CCN(CC)CC(N)c1noc(-c2ccnnc2)n1. The molecule has 102 valence electrons. The number of nitrogens with two attached hydrogens (primary N) is 1. The summed E-state index contributed by atoms with van der Waals surface area (Å²) in [6, 6.07) is 1.51. The van der Waals surface area contributed by atoms with Crippen molar-refractivity contribution < 1.29 is 4.52 Å². The van der Waals surface area contributed by atoms with Crippen LogP contribution in [0.4, 0.5) is 0 Å². The molecule has 2 N–H and O–H groups in total. The first-order chi connectivity index (χ1) is 9.24. The molecule has 2 rings (SSSR count). The third kappa shape index (κ3) is 3.33. The van der Waals surface area contributed by atoms with Crippen LogP contribution in [0.3, 0.4) is 0 Å². The van der Waals surface area contributed by atoms with Gasteiger partial charge in [0.25, 0.3) is 5.89 Å². The first kappa shape index (κ1) is 13.6. The van der Waals surface area contributed by atoms with E-state index in [1.54, 1.807) is 18.5 Å². The van der Waals surface area contributed by atoms with Crippen molar-refractivity contribution in [2.45, 2.75) is 19.9 Å². The molecule has 7 heteroatoms. The van der Waals surface area contributed by atoms with E-state index in [-0.39, 0.29) is 6.04 Å². The predicted octanol–water partition coefficient (Wildman–Crippen LogP) is 0.868. The van der Waals surface area contributed by atoms with Crippen molar-refractivity contribution in [2.75, 3.05) is 19.6 Å². The summed E-state index contributed by atoms with van der Waals surface area (Å²) in [5.74, 6) is 0.929. The highest BCUT2D eigenvalue weighted by Gasteiger charge is 2.17. The van der Waals surface area contributed by atoms with Crippen molar-refractivity contribution in [3.8, 4) is 11.5 Å². The molecule has 19 heavy (non-hydrogen) atoms. The summed E-state index contributed by atoms with van der Waals surface area (Å²) in [6.07, 6.45) is 3.16. The Labute approximate surface area is 111 Å². The van der Waals surface area contributed by atoms with E-state index < -0.39 is 0 Å². The van der Waals surface area contributed by atoms with Gasteiger partial charge in [-0.1, -0.05) is 19.0 Å². The van der Waals surface area contributed by atoms with Crippen LogP contribution in [0.15, 0.2) is 23.0 Å². The summed E-state index contributed by atoms with van der Waals surface area (Å²) in [7, 11) is 0. The molecule has 0 saturated carbocycles. The normalized spacial score (nSPS) is 12.8. The Morgan fingerprint density at radius 3 is 2.74 bits per heavy atom. The van der Waals surface area contributed by atoms with E-state index in [4.69, 9.17) is 10.3 Å². The van der Waals surface area contributed by atoms with Crippen molar-refractivity contribution in [1.82, 2.24) is 25.2 Å². The van der Waals surface area contributed by atoms with Gasteiger partial charge in [-0.2, -0.15) is 15.2 Å². The molecular formula is C12H18N6O. The molecule has 0 aliphatic rings. The molecule has 0 fully saturated rings. The van der Waals surface area contributed by atoms with Crippen LogP contribution in [0.2, 0.25) is 0 Å². The Bertz CT molecular complexity index is 496. The second-order valence-corrected chi connectivity index (χ2v) is 4.18. The monoisotopic (exact) mass is 262 g/mol. The Morgan fingerprint density at radius 2 is 2.11 bits per heavy atom. The van der Waals surface area contributed by atoms with Crippen molar-refractivity contribution in [3.05, 3.63) is 24.3 Å². The maximum absolute atomic E-state index is 6.08. The van der Waals surface area contributed by atoms with Gasteiger partial charge in [-0.25, -0.2) is 0 Å². The van der Waals surface area contributed by atoms with E-state index in [0.29, 0.717) is 18.3 Å². The Hall–Kier alpha value is -1.86. The number of nitrogens with zero attached hydrogens (tertiary/aromatic N) is 5.